The Morgan fingerprint density at radius 3 is 2.27 bits per heavy atom. The van der Waals surface area contributed by atoms with Gasteiger partial charge in [0, 0.05) is 0 Å². The minimum absolute atomic E-state index is 0.723. The van der Waals surface area contributed by atoms with Crippen molar-refractivity contribution < 1.29 is 5.11 Å². The lowest BCUT2D eigenvalue weighted by molar-refractivity contribution is 0.0283. The molecule has 0 atom stereocenters. The highest BCUT2D eigenvalue weighted by atomic mass is 16.3. The first kappa shape index (κ1) is 20.7. The molecule has 0 aliphatic rings. The Morgan fingerprint density at radius 1 is 0.923 bits per heavy atom. The van der Waals surface area contributed by atoms with E-state index in [4.69, 9.17) is 5.73 Å². The summed E-state index contributed by atoms with van der Waals surface area (Å²) in [4.78, 5) is 0. The van der Waals surface area contributed by atoms with Gasteiger partial charge in [-0.3, -0.25) is 0 Å². The minimum atomic E-state index is -0.723. The third-order valence-electron chi connectivity index (χ3n) is 5.59. The molecule has 2 nitrogen and oxygen atoms in total. The Labute approximate surface area is 159 Å². The number of hydrogen-bond acceptors (Lipinski definition) is 2. The van der Waals surface area contributed by atoms with Gasteiger partial charge in [-0.1, -0.05) is 63.6 Å². The van der Waals surface area contributed by atoms with Crippen LogP contribution < -0.4 is 5.73 Å². The van der Waals surface area contributed by atoms with Gasteiger partial charge in [-0.05, 0) is 79.0 Å². The fourth-order valence-corrected chi connectivity index (χ4v) is 3.70. The monoisotopic (exact) mass is 353 g/mol. The highest BCUT2D eigenvalue weighted by Crippen LogP contribution is 2.35. The fraction of sp³-hybridized carbons (Fsp3) is 0.500. The van der Waals surface area contributed by atoms with E-state index in [0.29, 0.717) is 0 Å². The van der Waals surface area contributed by atoms with Crippen molar-refractivity contribution in [3.63, 3.8) is 0 Å². The molecule has 0 saturated carbocycles. The first-order valence-corrected chi connectivity index (χ1v) is 10.1. The molecule has 0 amide bonds. The largest absolute Gasteiger partial charge is 0.385 e. The second kappa shape index (κ2) is 9.34. The van der Waals surface area contributed by atoms with Gasteiger partial charge >= 0.3 is 0 Å². The van der Waals surface area contributed by atoms with Gasteiger partial charge in [-0.2, -0.15) is 0 Å². The van der Waals surface area contributed by atoms with Crippen LogP contribution in [0.15, 0.2) is 36.4 Å². The molecule has 0 unspecified atom stereocenters. The van der Waals surface area contributed by atoms with Crippen molar-refractivity contribution in [2.24, 2.45) is 5.73 Å². The number of hydrogen-bond donors (Lipinski definition) is 2. The number of nitrogens with two attached hydrogens (primary N) is 1. The molecule has 0 aromatic heterocycles. The van der Waals surface area contributed by atoms with E-state index in [-0.39, 0.29) is 0 Å². The van der Waals surface area contributed by atoms with Crippen molar-refractivity contribution in [1.82, 2.24) is 0 Å². The zero-order chi connectivity index (χ0) is 19.2. The van der Waals surface area contributed by atoms with Crippen molar-refractivity contribution in [2.75, 3.05) is 6.54 Å². The summed E-state index contributed by atoms with van der Waals surface area (Å²) in [5.74, 6) is 0. The van der Waals surface area contributed by atoms with Crippen molar-refractivity contribution >= 4 is 0 Å². The zero-order valence-electron chi connectivity index (χ0n) is 16.9. The molecule has 0 spiro atoms. The molecule has 2 aromatic rings. The summed E-state index contributed by atoms with van der Waals surface area (Å²) in [6.07, 6.45) is 5.64. The van der Waals surface area contributed by atoms with Gasteiger partial charge in [0.1, 0.15) is 0 Å². The second-order valence-electron chi connectivity index (χ2n) is 7.40. The standard InChI is InChI=1S/C24H35NO/c1-5-9-20-17-21(24(26,6-2)7-3)13-14-22(20)23-16-19(10-8-15-25)12-11-18(23)4/h11-14,16-17,26H,5-10,15,25H2,1-4H3. The lowest BCUT2D eigenvalue weighted by Crippen LogP contribution is -2.23. The summed E-state index contributed by atoms with van der Waals surface area (Å²) < 4.78 is 0. The quantitative estimate of drug-likeness (QED) is 0.624. The number of benzene rings is 2. The second-order valence-corrected chi connectivity index (χ2v) is 7.40. The highest BCUT2D eigenvalue weighted by Gasteiger charge is 2.25. The lowest BCUT2D eigenvalue weighted by atomic mass is 9.84. The van der Waals surface area contributed by atoms with Gasteiger partial charge in [-0.25, -0.2) is 0 Å². The van der Waals surface area contributed by atoms with Gasteiger partial charge in [0.05, 0.1) is 5.60 Å². The smallest absolute Gasteiger partial charge is 0.0891 e. The van der Waals surface area contributed by atoms with Crippen LogP contribution in [0.3, 0.4) is 0 Å². The van der Waals surface area contributed by atoms with Crippen LogP contribution >= 0.6 is 0 Å². The summed E-state index contributed by atoms with van der Waals surface area (Å²) in [6.45, 7) is 9.24. The first-order valence-electron chi connectivity index (χ1n) is 10.1. The van der Waals surface area contributed by atoms with Crippen molar-refractivity contribution in [3.05, 3.63) is 58.7 Å². The van der Waals surface area contributed by atoms with Crippen molar-refractivity contribution in [3.8, 4) is 11.1 Å². The van der Waals surface area contributed by atoms with Gasteiger partial charge in [0.15, 0.2) is 0 Å². The minimum Gasteiger partial charge on any atom is -0.385 e. The average molecular weight is 354 g/mol. The van der Waals surface area contributed by atoms with Crippen LogP contribution in [0.5, 0.6) is 0 Å². The number of rotatable bonds is 9. The molecule has 2 rings (SSSR count). The Morgan fingerprint density at radius 2 is 1.65 bits per heavy atom. The molecule has 0 radical (unpaired) electrons. The van der Waals surface area contributed by atoms with Crippen LogP contribution in [-0.2, 0) is 18.4 Å². The molecule has 142 valence electrons. The van der Waals surface area contributed by atoms with Crippen LogP contribution in [0.1, 0.15) is 68.7 Å². The van der Waals surface area contributed by atoms with Crippen molar-refractivity contribution in [1.29, 1.82) is 0 Å². The molecule has 0 bridgehead atoms. The average Bonchev–Trinajstić information content (AvgIpc) is 2.67. The number of aryl methyl sites for hydroxylation is 3. The topological polar surface area (TPSA) is 46.2 Å². The molecule has 0 aliphatic carbocycles. The Hall–Kier alpha value is -1.64. The summed E-state index contributed by atoms with van der Waals surface area (Å²) >= 11 is 0. The van der Waals surface area contributed by atoms with Gasteiger partial charge in [-0.15, -0.1) is 0 Å². The van der Waals surface area contributed by atoms with Gasteiger partial charge in [0.2, 0.25) is 0 Å². The summed E-state index contributed by atoms with van der Waals surface area (Å²) in [5.41, 5.74) is 12.6. The van der Waals surface area contributed by atoms with Crippen LogP contribution in [0.4, 0.5) is 0 Å². The maximum Gasteiger partial charge on any atom is 0.0891 e. The molecule has 2 aromatic carbocycles. The van der Waals surface area contributed by atoms with Crippen LogP contribution in [0.25, 0.3) is 11.1 Å². The van der Waals surface area contributed by atoms with E-state index >= 15 is 0 Å². The molecule has 0 fully saturated rings. The van der Waals surface area contributed by atoms with E-state index in [2.05, 4.69) is 64.1 Å². The summed E-state index contributed by atoms with van der Waals surface area (Å²) in [5, 5.41) is 10.9. The lowest BCUT2D eigenvalue weighted by Gasteiger charge is -2.27. The SMILES string of the molecule is CCCc1cc(C(O)(CC)CC)ccc1-c1cc(CCCN)ccc1C. The summed E-state index contributed by atoms with van der Waals surface area (Å²) in [7, 11) is 0. The van der Waals surface area contributed by atoms with Crippen LogP contribution in [0, 0.1) is 6.92 Å². The summed E-state index contributed by atoms with van der Waals surface area (Å²) in [6, 6.07) is 13.3. The van der Waals surface area contributed by atoms with Gasteiger partial charge in [0.25, 0.3) is 0 Å². The maximum absolute atomic E-state index is 10.9. The maximum atomic E-state index is 10.9. The van der Waals surface area contributed by atoms with Gasteiger partial charge < -0.3 is 10.8 Å². The van der Waals surface area contributed by atoms with E-state index in [1.165, 1.54) is 27.8 Å². The molecular weight excluding hydrogens is 318 g/mol. The third kappa shape index (κ3) is 4.55. The predicted octanol–water partition coefficient (Wildman–Crippen LogP) is 5.51. The highest BCUT2D eigenvalue weighted by molar-refractivity contribution is 5.72. The molecule has 0 saturated heterocycles. The fourth-order valence-electron chi connectivity index (χ4n) is 3.70. The molecule has 0 heterocycles. The molecular formula is C24H35NO. The molecule has 26 heavy (non-hydrogen) atoms. The van der Waals surface area contributed by atoms with Crippen molar-refractivity contribution in [2.45, 2.75) is 71.8 Å². The first-order chi connectivity index (χ1) is 12.5. The predicted molar refractivity (Wildman–Crippen MR) is 112 cm³/mol. The van der Waals surface area contributed by atoms with E-state index in [9.17, 15) is 5.11 Å². The molecule has 3 N–H and O–H groups in total. The van der Waals surface area contributed by atoms with E-state index in [1.54, 1.807) is 0 Å². The van der Waals surface area contributed by atoms with E-state index in [1.807, 2.05) is 0 Å². The molecule has 2 heteroatoms. The van der Waals surface area contributed by atoms with Crippen LogP contribution in [0.2, 0.25) is 0 Å². The third-order valence-corrected chi connectivity index (χ3v) is 5.59. The Balaban J connectivity index is 2.52. The zero-order valence-corrected chi connectivity index (χ0v) is 16.9. The Bertz CT molecular complexity index is 716. The van der Waals surface area contributed by atoms with E-state index < -0.39 is 5.60 Å². The molecule has 0 aliphatic heterocycles. The number of aliphatic hydroxyl groups is 1. The normalized spacial score (nSPS) is 11.8. The van der Waals surface area contributed by atoms with E-state index in [0.717, 1.165) is 50.6 Å². The van der Waals surface area contributed by atoms with Crippen LogP contribution in [-0.4, -0.2) is 11.7 Å². The Kier molecular flexibility index (Phi) is 7.43.